The number of likely N-dealkylation sites (tertiary alicyclic amines) is 1. The van der Waals surface area contributed by atoms with E-state index in [1.54, 1.807) is 0 Å². The van der Waals surface area contributed by atoms with Crippen LogP contribution in [0.3, 0.4) is 0 Å². The van der Waals surface area contributed by atoms with Crippen LogP contribution in [0.25, 0.3) is 0 Å². The van der Waals surface area contributed by atoms with Gasteiger partial charge in [-0.15, -0.1) is 0 Å². The number of carbonyl (C=O) groups excluding carboxylic acids is 1. The molecular formula is C21H34N4O3S. The molecule has 2 saturated heterocycles. The number of benzene rings is 1. The maximum atomic E-state index is 12.6. The Hall–Kier alpha value is -1.48. The lowest BCUT2D eigenvalue weighted by molar-refractivity contribution is -0.126. The second-order valence-corrected chi connectivity index (χ2v) is 10.5. The molecule has 1 N–H and O–H groups in total. The first-order valence-electron chi connectivity index (χ1n) is 10.6. The number of nitrogens with one attached hydrogen (secondary N) is 1. The van der Waals surface area contributed by atoms with E-state index in [0.717, 1.165) is 18.5 Å². The van der Waals surface area contributed by atoms with Crippen LogP contribution >= 0.6 is 0 Å². The molecule has 0 unspecified atom stereocenters. The first-order chi connectivity index (χ1) is 13.9. The average molecular weight is 423 g/mol. The van der Waals surface area contributed by atoms with Crippen molar-refractivity contribution in [3.05, 3.63) is 35.4 Å². The summed E-state index contributed by atoms with van der Waals surface area (Å²) in [4.78, 5) is 15.1. The third kappa shape index (κ3) is 6.01. The smallest absolute Gasteiger partial charge is 0.281 e. The van der Waals surface area contributed by atoms with Gasteiger partial charge in [-0.3, -0.25) is 9.69 Å². The Balaban J connectivity index is 1.48. The SMILES string of the molecule is CN(C)S(=O)(=O)N1CCC[C@H](C(=O)NCc2ccc(CN3CCCCC3)cc2)C1. The predicted molar refractivity (Wildman–Crippen MR) is 114 cm³/mol. The summed E-state index contributed by atoms with van der Waals surface area (Å²) in [6, 6.07) is 8.43. The highest BCUT2D eigenvalue weighted by atomic mass is 32.2. The lowest BCUT2D eigenvalue weighted by atomic mass is 9.98. The molecule has 0 aliphatic carbocycles. The van der Waals surface area contributed by atoms with Crippen LogP contribution < -0.4 is 5.32 Å². The van der Waals surface area contributed by atoms with Crippen LogP contribution in [0.2, 0.25) is 0 Å². The Morgan fingerprint density at radius 3 is 2.34 bits per heavy atom. The summed E-state index contributed by atoms with van der Waals surface area (Å²) in [6.07, 6.45) is 5.35. The van der Waals surface area contributed by atoms with E-state index in [1.807, 2.05) is 0 Å². The third-order valence-electron chi connectivity index (χ3n) is 5.89. The fourth-order valence-corrected chi connectivity index (χ4v) is 5.26. The number of piperidine rings is 2. The van der Waals surface area contributed by atoms with Crippen LogP contribution in [0, 0.1) is 5.92 Å². The lowest BCUT2D eigenvalue weighted by Gasteiger charge is -2.32. The minimum absolute atomic E-state index is 0.0685. The molecule has 1 amide bonds. The zero-order valence-corrected chi connectivity index (χ0v) is 18.5. The zero-order chi connectivity index (χ0) is 20.9. The highest BCUT2D eigenvalue weighted by Gasteiger charge is 2.33. The Labute approximate surface area is 175 Å². The van der Waals surface area contributed by atoms with Crippen molar-refractivity contribution in [3.8, 4) is 0 Å². The monoisotopic (exact) mass is 422 g/mol. The number of hydrogen-bond acceptors (Lipinski definition) is 4. The van der Waals surface area contributed by atoms with Gasteiger partial charge in [0.2, 0.25) is 5.91 Å². The maximum absolute atomic E-state index is 12.6. The second-order valence-electron chi connectivity index (χ2n) is 8.36. The van der Waals surface area contributed by atoms with Gasteiger partial charge in [-0.1, -0.05) is 30.7 Å². The zero-order valence-electron chi connectivity index (χ0n) is 17.6. The van der Waals surface area contributed by atoms with Crippen molar-refractivity contribution in [2.45, 2.75) is 45.2 Å². The second kappa shape index (κ2) is 10.0. The molecule has 0 bridgehead atoms. The van der Waals surface area contributed by atoms with Crippen LogP contribution in [0.5, 0.6) is 0 Å². The minimum atomic E-state index is -3.47. The molecule has 162 valence electrons. The summed E-state index contributed by atoms with van der Waals surface area (Å²) in [5, 5.41) is 2.99. The standard InChI is InChI=1S/C21H34N4O3S/c1-23(2)29(27,28)25-14-6-7-20(17-25)21(26)22-15-18-8-10-19(11-9-18)16-24-12-4-3-5-13-24/h8-11,20H,3-7,12-17H2,1-2H3,(H,22,26)/t20-/m0/s1. The molecule has 0 saturated carbocycles. The van der Waals surface area contributed by atoms with E-state index in [1.165, 1.54) is 60.6 Å². The highest BCUT2D eigenvalue weighted by Crippen LogP contribution is 2.20. The first-order valence-corrected chi connectivity index (χ1v) is 12.0. The van der Waals surface area contributed by atoms with E-state index in [4.69, 9.17) is 0 Å². The van der Waals surface area contributed by atoms with E-state index >= 15 is 0 Å². The van der Waals surface area contributed by atoms with Crippen LogP contribution in [0.4, 0.5) is 0 Å². The average Bonchev–Trinajstić information content (AvgIpc) is 2.73. The Morgan fingerprint density at radius 2 is 1.69 bits per heavy atom. The molecule has 3 rings (SSSR count). The molecule has 1 atom stereocenters. The summed E-state index contributed by atoms with van der Waals surface area (Å²) in [6.45, 7) is 4.55. The number of nitrogens with zero attached hydrogens (tertiary/aromatic N) is 3. The summed E-state index contributed by atoms with van der Waals surface area (Å²) in [7, 11) is -0.424. The summed E-state index contributed by atoms with van der Waals surface area (Å²) >= 11 is 0. The normalized spacial score (nSPS) is 22.0. The number of amides is 1. The van der Waals surface area contributed by atoms with E-state index in [-0.39, 0.29) is 18.4 Å². The van der Waals surface area contributed by atoms with Crippen LogP contribution in [-0.4, -0.2) is 68.1 Å². The molecule has 2 heterocycles. The highest BCUT2D eigenvalue weighted by molar-refractivity contribution is 7.86. The quantitative estimate of drug-likeness (QED) is 0.727. The van der Waals surface area contributed by atoms with Gasteiger partial charge in [-0.2, -0.15) is 17.0 Å². The van der Waals surface area contributed by atoms with Gasteiger partial charge in [0.25, 0.3) is 10.2 Å². The molecule has 1 aromatic rings. The Kier molecular flexibility index (Phi) is 7.67. The van der Waals surface area contributed by atoms with E-state index in [2.05, 4.69) is 34.5 Å². The fourth-order valence-electron chi connectivity index (χ4n) is 4.07. The van der Waals surface area contributed by atoms with Gasteiger partial charge in [0.1, 0.15) is 0 Å². The molecule has 2 fully saturated rings. The van der Waals surface area contributed by atoms with Gasteiger partial charge in [-0.25, -0.2) is 0 Å². The molecule has 0 aromatic heterocycles. The Morgan fingerprint density at radius 1 is 1.03 bits per heavy atom. The predicted octanol–water partition coefficient (Wildman–Crippen LogP) is 1.81. The van der Waals surface area contributed by atoms with Crippen molar-refractivity contribution in [2.24, 2.45) is 5.92 Å². The molecule has 7 nitrogen and oxygen atoms in total. The first kappa shape index (κ1) is 22.2. The number of carbonyl (C=O) groups is 1. The van der Waals surface area contributed by atoms with Crippen molar-refractivity contribution in [1.82, 2.24) is 18.8 Å². The third-order valence-corrected chi connectivity index (χ3v) is 7.79. The Bertz CT molecular complexity index is 774. The fraction of sp³-hybridized carbons (Fsp3) is 0.667. The van der Waals surface area contributed by atoms with Gasteiger partial charge in [0.15, 0.2) is 0 Å². The van der Waals surface area contributed by atoms with Gasteiger partial charge < -0.3 is 5.32 Å². The molecule has 29 heavy (non-hydrogen) atoms. The molecule has 2 aliphatic heterocycles. The van der Waals surface area contributed by atoms with Crippen LogP contribution in [0.1, 0.15) is 43.2 Å². The van der Waals surface area contributed by atoms with E-state index in [9.17, 15) is 13.2 Å². The molecule has 2 aliphatic rings. The minimum Gasteiger partial charge on any atom is -0.352 e. The van der Waals surface area contributed by atoms with Gasteiger partial charge in [-0.05, 0) is 49.9 Å². The summed E-state index contributed by atoms with van der Waals surface area (Å²) in [5.74, 6) is -0.363. The van der Waals surface area contributed by atoms with Crippen molar-refractivity contribution in [2.75, 3.05) is 40.3 Å². The summed E-state index contributed by atoms with van der Waals surface area (Å²) in [5.41, 5.74) is 2.37. The molecule has 1 aromatic carbocycles. The molecule has 0 spiro atoms. The van der Waals surface area contributed by atoms with Gasteiger partial charge in [0.05, 0.1) is 5.92 Å². The largest absolute Gasteiger partial charge is 0.352 e. The van der Waals surface area contributed by atoms with E-state index in [0.29, 0.717) is 19.5 Å². The van der Waals surface area contributed by atoms with Crippen molar-refractivity contribution in [1.29, 1.82) is 0 Å². The van der Waals surface area contributed by atoms with Crippen molar-refractivity contribution < 1.29 is 13.2 Å². The van der Waals surface area contributed by atoms with E-state index < -0.39 is 10.2 Å². The van der Waals surface area contributed by atoms with Crippen LogP contribution in [0.15, 0.2) is 24.3 Å². The molecule has 0 radical (unpaired) electrons. The number of rotatable bonds is 7. The van der Waals surface area contributed by atoms with Gasteiger partial charge in [0, 0.05) is 40.3 Å². The molecular weight excluding hydrogens is 388 g/mol. The molecule has 8 heteroatoms. The van der Waals surface area contributed by atoms with Crippen molar-refractivity contribution >= 4 is 16.1 Å². The van der Waals surface area contributed by atoms with Crippen molar-refractivity contribution in [3.63, 3.8) is 0 Å². The number of hydrogen-bond donors (Lipinski definition) is 1. The summed E-state index contributed by atoms with van der Waals surface area (Å²) < 4.78 is 27.3. The lowest BCUT2D eigenvalue weighted by Crippen LogP contribution is -2.48. The maximum Gasteiger partial charge on any atom is 0.281 e. The van der Waals surface area contributed by atoms with Gasteiger partial charge >= 0.3 is 0 Å². The topological polar surface area (TPSA) is 73.0 Å². The van der Waals surface area contributed by atoms with Crippen LogP contribution in [-0.2, 0) is 28.1 Å².